The van der Waals surface area contributed by atoms with Crippen LogP contribution in [0.4, 0.5) is 0 Å². The molecule has 17 heavy (non-hydrogen) atoms. The minimum Gasteiger partial charge on any atom is -0.294 e. The van der Waals surface area contributed by atoms with Gasteiger partial charge in [0.15, 0.2) is 5.78 Å². The van der Waals surface area contributed by atoms with Gasteiger partial charge in [0.25, 0.3) is 0 Å². The predicted molar refractivity (Wildman–Crippen MR) is 69.3 cm³/mol. The zero-order valence-corrected chi connectivity index (χ0v) is 10.6. The third kappa shape index (κ3) is 2.26. The molecule has 3 rings (SSSR count). The van der Waals surface area contributed by atoms with Gasteiger partial charge in [0, 0.05) is 17.0 Å². The molecule has 0 spiro atoms. The molecular weight excluding hydrogens is 232 g/mol. The second-order valence-corrected chi connectivity index (χ2v) is 6.01. The minimum absolute atomic E-state index is 0.291. The Morgan fingerprint density at radius 1 is 1.18 bits per heavy atom. The number of hydrogen-bond acceptors (Lipinski definition) is 1. The van der Waals surface area contributed by atoms with Crippen LogP contribution in [0.5, 0.6) is 0 Å². The maximum absolute atomic E-state index is 12.1. The van der Waals surface area contributed by atoms with E-state index < -0.39 is 0 Å². The lowest BCUT2D eigenvalue weighted by molar-refractivity contribution is 0.0944. The Kier molecular flexibility index (Phi) is 2.96. The first-order valence-corrected chi connectivity index (χ1v) is 6.89. The van der Waals surface area contributed by atoms with Crippen molar-refractivity contribution in [2.24, 2.45) is 17.8 Å². The molecule has 2 aliphatic carbocycles. The van der Waals surface area contributed by atoms with Crippen LogP contribution in [0, 0.1) is 17.8 Å². The lowest BCUT2D eigenvalue weighted by Crippen LogP contribution is -2.15. The summed E-state index contributed by atoms with van der Waals surface area (Å²) >= 11 is 5.83. The van der Waals surface area contributed by atoms with E-state index in [4.69, 9.17) is 11.6 Å². The van der Waals surface area contributed by atoms with E-state index in [0.29, 0.717) is 16.7 Å². The number of carbonyl (C=O) groups is 1. The Hall–Kier alpha value is -0.820. The van der Waals surface area contributed by atoms with E-state index in [1.165, 1.54) is 25.7 Å². The van der Waals surface area contributed by atoms with Crippen LogP contribution in [-0.4, -0.2) is 5.78 Å². The van der Waals surface area contributed by atoms with Gasteiger partial charge in [-0.15, -0.1) is 0 Å². The topological polar surface area (TPSA) is 17.1 Å². The van der Waals surface area contributed by atoms with Crippen molar-refractivity contribution in [3.8, 4) is 0 Å². The van der Waals surface area contributed by atoms with Crippen molar-refractivity contribution >= 4 is 17.4 Å². The molecule has 90 valence electrons. The van der Waals surface area contributed by atoms with Gasteiger partial charge in [0.1, 0.15) is 0 Å². The van der Waals surface area contributed by atoms with Crippen molar-refractivity contribution in [3.63, 3.8) is 0 Å². The molecule has 2 fully saturated rings. The van der Waals surface area contributed by atoms with Crippen molar-refractivity contribution in [1.29, 1.82) is 0 Å². The van der Waals surface area contributed by atoms with Gasteiger partial charge in [-0.25, -0.2) is 0 Å². The molecule has 0 aliphatic heterocycles. The van der Waals surface area contributed by atoms with Crippen LogP contribution >= 0.6 is 11.6 Å². The monoisotopic (exact) mass is 248 g/mol. The van der Waals surface area contributed by atoms with Gasteiger partial charge in [0.2, 0.25) is 0 Å². The van der Waals surface area contributed by atoms with Gasteiger partial charge in [0.05, 0.1) is 0 Å². The minimum atomic E-state index is 0.291. The average Bonchev–Trinajstić information content (AvgIpc) is 2.91. The molecule has 2 aliphatic rings. The zero-order chi connectivity index (χ0) is 11.8. The van der Waals surface area contributed by atoms with E-state index >= 15 is 0 Å². The Bertz CT molecular complexity index is 423. The van der Waals surface area contributed by atoms with Crippen molar-refractivity contribution in [2.45, 2.75) is 32.1 Å². The highest BCUT2D eigenvalue weighted by Crippen LogP contribution is 2.49. The molecule has 3 atom stereocenters. The normalized spacial score (nSPS) is 30.8. The average molecular weight is 249 g/mol. The lowest BCUT2D eigenvalue weighted by Gasteiger charge is -2.20. The number of benzene rings is 1. The van der Waals surface area contributed by atoms with Crippen molar-refractivity contribution < 1.29 is 4.79 Å². The molecule has 1 nitrogen and oxygen atoms in total. The van der Waals surface area contributed by atoms with Crippen molar-refractivity contribution in [1.82, 2.24) is 0 Å². The molecule has 0 N–H and O–H groups in total. The molecule has 2 bridgehead atoms. The number of ketones is 1. The van der Waals surface area contributed by atoms with Gasteiger partial charge in [-0.3, -0.25) is 4.79 Å². The third-order valence-electron chi connectivity index (χ3n) is 4.50. The first-order chi connectivity index (χ1) is 8.22. The summed E-state index contributed by atoms with van der Waals surface area (Å²) in [5, 5.41) is 0.696. The number of Topliss-reactive ketones (excluding diaryl/α,β-unsaturated/α-hetero) is 1. The summed E-state index contributed by atoms with van der Waals surface area (Å²) < 4.78 is 0. The molecule has 2 heteroatoms. The van der Waals surface area contributed by atoms with E-state index in [1.54, 1.807) is 12.1 Å². The molecule has 0 heterocycles. The smallest absolute Gasteiger partial charge is 0.163 e. The lowest BCUT2D eigenvalue weighted by atomic mass is 9.84. The molecule has 0 saturated heterocycles. The van der Waals surface area contributed by atoms with E-state index in [2.05, 4.69) is 0 Å². The quantitative estimate of drug-likeness (QED) is 0.727. The van der Waals surface area contributed by atoms with Gasteiger partial charge in [-0.2, -0.15) is 0 Å². The third-order valence-corrected chi connectivity index (χ3v) is 4.75. The maximum atomic E-state index is 12.1. The fraction of sp³-hybridized carbons (Fsp3) is 0.533. The summed E-state index contributed by atoms with van der Waals surface area (Å²) in [6.45, 7) is 0. The number of fused-ring (bicyclic) bond motifs is 2. The zero-order valence-electron chi connectivity index (χ0n) is 9.86. The number of rotatable bonds is 3. The Labute approximate surface area is 107 Å². The summed E-state index contributed by atoms with van der Waals surface area (Å²) in [7, 11) is 0. The summed E-state index contributed by atoms with van der Waals surface area (Å²) in [6, 6.07) is 7.29. The Balaban J connectivity index is 1.65. The van der Waals surface area contributed by atoms with E-state index in [-0.39, 0.29) is 0 Å². The SMILES string of the molecule is O=C(CC1CC2CCC1C2)c1ccc(Cl)cc1. The first-order valence-electron chi connectivity index (χ1n) is 6.51. The molecule has 1 aromatic carbocycles. The van der Waals surface area contributed by atoms with Crippen LogP contribution in [0.3, 0.4) is 0 Å². The fourth-order valence-electron chi connectivity index (χ4n) is 3.62. The molecule has 0 aromatic heterocycles. The summed E-state index contributed by atoms with van der Waals surface area (Å²) in [4.78, 5) is 12.1. The number of carbonyl (C=O) groups excluding carboxylic acids is 1. The molecule has 2 saturated carbocycles. The highest BCUT2D eigenvalue weighted by molar-refractivity contribution is 6.30. The van der Waals surface area contributed by atoms with Crippen LogP contribution < -0.4 is 0 Å². The maximum Gasteiger partial charge on any atom is 0.163 e. The van der Waals surface area contributed by atoms with Crippen LogP contribution in [-0.2, 0) is 0 Å². The molecule has 3 unspecified atom stereocenters. The van der Waals surface area contributed by atoms with E-state index in [0.717, 1.165) is 23.8 Å². The Morgan fingerprint density at radius 3 is 2.53 bits per heavy atom. The van der Waals surface area contributed by atoms with Gasteiger partial charge in [-0.1, -0.05) is 18.0 Å². The largest absolute Gasteiger partial charge is 0.294 e. The second kappa shape index (κ2) is 4.45. The number of hydrogen-bond donors (Lipinski definition) is 0. The standard InChI is InChI=1S/C15H17ClO/c16-14-5-3-11(4-6-14)15(17)9-13-8-10-1-2-12(13)7-10/h3-6,10,12-13H,1-2,7-9H2. The van der Waals surface area contributed by atoms with Crippen LogP contribution in [0.1, 0.15) is 42.5 Å². The van der Waals surface area contributed by atoms with Crippen LogP contribution in [0.25, 0.3) is 0 Å². The van der Waals surface area contributed by atoms with Crippen LogP contribution in [0.15, 0.2) is 24.3 Å². The van der Waals surface area contributed by atoms with Crippen molar-refractivity contribution in [3.05, 3.63) is 34.9 Å². The van der Waals surface area contributed by atoms with Gasteiger partial charge < -0.3 is 0 Å². The number of halogens is 1. The van der Waals surface area contributed by atoms with Gasteiger partial charge in [-0.05, 0) is 61.3 Å². The highest BCUT2D eigenvalue weighted by Gasteiger charge is 2.40. The van der Waals surface area contributed by atoms with Gasteiger partial charge >= 0.3 is 0 Å². The molecular formula is C15H17ClO. The molecule has 1 aromatic rings. The molecule has 0 amide bonds. The second-order valence-electron chi connectivity index (χ2n) is 5.57. The predicted octanol–water partition coefficient (Wildman–Crippen LogP) is 4.35. The summed E-state index contributed by atoms with van der Waals surface area (Å²) in [5.41, 5.74) is 0.817. The van der Waals surface area contributed by atoms with Crippen molar-refractivity contribution in [2.75, 3.05) is 0 Å². The van der Waals surface area contributed by atoms with E-state index in [1.807, 2.05) is 12.1 Å². The fourth-order valence-corrected chi connectivity index (χ4v) is 3.74. The first kappa shape index (κ1) is 11.3. The molecule has 0 radical (unpaired) electrons. The highest BCUT2D eigenvalue weighted by atomic mass is 35.5. The summed E-state index contributed by atoms with van der Waals surface area (Å²) in [5.74, 6) is 2.69. The summed E-state index contributed by atoms with van der Waals surface area (Å²) in [6.07, 6.45) is 6.14. The van der Waals surface area contributed by atoms with E-state index in [9.17, 15) is 4.79 Å². The Morgan fingerprint density at radius 2 is 1.94 bits per heavy atom. The van der Waals surface area contributed by atoms with Crippen LogP contribution in [0.2, 0.25) is 5.02 Å².